The van der Waals surface area contributed by atoms with Crippen molar-refractivity contribution < 1.29 is 0 Å². The number of hydrogen-bond acceptors (Lipinski definition) is 0. The van der Waals surface area contributed by atoms with Crippen molar-refractivity contribution in [3.8, 4) is 33.6 Å². The molecular weight excluding hydrogens is 1290 g/mol. The Hall–Kier alpha value is -11.1. The van der Waals surface area contributed by atoms with Crippen LogP contribution < -0.4 is 10.4 Å². The number of fused-ring (bicyclic) bond motifs is 11. The quantitative estimate of drug-likeness (QED) is 0.121. The van der Waals surface area contributed by atoms with Crippen LogP contribution in [0.1, 0.15) is 137 Å². The van der Waals surface area contributed by atoms with Gasteiger partial charge in [-0.15, -0.1) is 0 Å². The standard InChI is InChI=1S/C21H16.2C17H17N.C17H16.C16H16.C15H16Si/c1-13-10-11-18-19(12-13)21-16-8-4-2-6-14(16)20(18)15-7-3-5-9-17(15)21;1-12-8-10-15(11-9-12)18-14(3)13(2)16-6-4-5-7-17(16)18;1-12-9-10-17-16(11-12)13(2)14(3)18(17)15-7-5-4-6-8-15;1-11-8-9-16-15-7-5-4-6-14(15)12(2)13(3)17(16)10-11;2*1-11-8-9-15-13(10-11)12-6-4-5-7-14(12)16(15,2)3/h2-12,20-21H,1H3;2*4-11H,1-3H3;4-10H,1-3H3;2*4-10H,1-3H3. The molecule has 3 heteroatoms. The minimum atomic E-state index is -1.40. The molecule has 16 aromatic rings. The Labute approximate surface area is 630 Å². The summed E-state index contributed by atoms with van der Waals surface area (Å²) in [5, 5.41) is 11.4. The van der Waals surface area contributed by atoms with Crippen LogP contribution in [0.5, 0.6) is 0 Å². The molecule has 524 valence electrons. The second-order valence-electron chi connectivity index (χ2n) is 31.3. The molecule has 1 aliphatic heterocycles. The van der Waals surface area contributed by atoms with Crippen LogP contribution >= 0.6 is 0 Å². The monoisotopic (exact) mass is 1390 g/mol. The average molecular weight is 1390 g/mol. The summed E-state index contributed by atoms with van der Waals surface area (Å²) in [6.45, 7) is 35.7. The first-order valence-corrected chi connectivity index (χ1v) is 41.0. The van der Waals surface area contributed by atoms with Crippen LogP contribution in [0.3, 0.4) is 0 Å². The van der Waals surface area contributed by atoms with Crippen molar-refractivity contribution in [3.63, 3.8) is 0 Å². The SMILES string of the molecule is Cc1ccc(-n2c(C)c(C)c3ccccc32)cc1.Cc1ccc2c(c1)-c1ccccc1C2(C)C.Cc1ccc2c(c1)-c1ccccc1[Si]2(C)C.Cc1ccc2c(c1)C1c3ccccc3C2c2ccccc21.Cc1ccc2c(c1)c(C)c(C)c1ccccc12.Cc1ccc2c(c1)c(C)c(C)n2-c1ccccc1. The fourth-order valence-electron chi connectivity index (χ4n) is 17.8. The van der Waals surface area contributed by atoms with Crippen molar-refractivity contribution in [2.75, 3.05) is 0 Å². The lowest BCUT2D eigenvalue weighted by atomic mass is 9.61. The summed E-state index contributed by atoms with van der Waals surface area (Å²) in [5.74, 6) is 0.829. The Kier molecular flexibility index (Phi) is 18.9. The van der Waals surface area contributed by atoms with Gasteiger partial charge in [-0.1, -0.05) is 309 Å². The van der Waals surface area contributed by atoms with Crippen LogP contribution in [0.2, 0.25) is 13.1 Å². The van der Waals surface area contributed by atoms with E-state index in [1.807, 2.05) is 0 Å². The Bertz CT molecular complexity index is 5900. The molecule has 4 aliphatic carbocycles. The fourth-order valence-corrected chi connectivity index (χ4v) is 20.8. The molecule has 5 aliphatic rings. The van der Waals surface area contributed by atoms with Crippen LogP contribution in [0.15, 0.2) is 291 Å². The molecule has 0 spiro atoms. The van der Waals surface area contributed by atoms with Crippen LogP contribution in [0.25, 0.3) is 77.0 Å². The number of para-hydroxylation sites is 2. The van der Waals surface area contributed by atoms with Gasteiger partial charge in [0.25, 0.3) is 0 Å². The molecule has 2 nitrogen and oxygen atoms in total. The van der Waals surface area contributed by atoms with Gasteiger partial charge in [0.05, 0.1) is 11.0 Å². The number of benzene rings is 14. The van der Waals surface area contributed by atoms with Crippen molar-refractivity contribution >= 4 is 61.8 Å². The molecule has 0 atom stereocenters. The third kappa shape index (κ3) is 12.6. The van der Waals surface area contributed by atoms with Crippen molar-refractivity contribution in [2.24, 2.45) is 0 Å². The van der Waals surface area contributed by atoms with Crippen LogP contribution in [0.4, 0.5) is 0 Å². The first kappa shape index (κ1) is 70.6. The highest BCUT2D eigenvalue weighted by atomic mass is 28.3. The molecular formula is C103H98N2Si. The number of aromatic nitrogens is 2. The van der Waals surface area contributed by atoms with E-state index in [4.69, 9.17) is 0 Å². The van der Waals surface area contributed by atoms with E-state index >= 15 is 0 Å². The van der Waals surface area contributed by atoms with Gasteiger partial charge in [-0.05, 0) is 246 Å². The summed E-state index contributed by atoms with van der Waals surface area (Å²) in [6, 6.07) is 106. The lowest BCUT2D eigenvalue weighted by molar-refractivity contribution is 0.660. The Balaban J connectivity index is 0.000000102. The van der Waals surface area contributed by atoms with Crippen molar-refractivity contribution in [1.82, 2.24) is 9.13 Å². The predicted octanol–water partition coefficient (Wildman–Crippen LogP) is 26.1. The summed E-state index contributed by atoms with van der Waals surface area (Å²) in [6.07, 6.45) is 0. The number of hydrogen-bond donors (Lipinski definition) is 0. The molecule has 0 unspecified atom stereocenters. The summed E-state index contributed by atoms with van der Waals surface area (Å²) in [4.78, 5) is 0. The van der Waals surface area contributed by atoms with Gasteiger partial charge < -0.3 is 9.13 Å². The van der Waals surface area contributed by atoms with Gasteiger partial charge in [-0.3, -0.25) is 0 Å². The zero-order valence-electron chi connectivity index (χ0n) is 64.8. The van der Waals surface area contributed by atoms with Crippen molar-refractivity contribution in [1.29, 1.82) is 0 Å². The van der Waals surface area contributed by atoms with E-state index in [0.29, 0.717) is 11.8 Å². The first-order chi connectivity index (χ1) is 51.1. The van der Waals surface area contributed by atoms with Crippen molar-refractivity contribution in [3.05, 3.63) is 403 Å². The average Bonchev–Trinajstić information content (AvgIpc) is 1.12. The molecule has 21 rings (SSSR count). The van der Waals surface area contributed by atoms with Crippen molar-refractivity contribution in [2.45, 2.75) is 127 Å². The molecule has 14 aromatic carbocycles. The third-order valence-electron chi connectivity index (χ3n) is 23.7. The Morgan fingerprint density at radius 3 is 1.32 bits per heavy atom. The highest BCUT2D eigenvalue weighted by molar-refractivity contribution is 7.03. The molecule has 0 saturated heterocycles. The van der Waals surface area contributed by atoms with Crippen LogP contribution in [-0.4, -0.2) is 17.2 Å². The van der Waals surface area contributed by atoms with E-state index < -0.39 is 8.07 Å². The summed E-state index contributed by atoms with van der Waals surface area (Å²) in [7, 11) is -1.40. The molecule has 0 fully saturated rings. The maximum Gasteiger partial charge on any atom is 0.113 e. The lowest BCUT2D eigenvalue weighted by Gasteiger charge is -2.42. The topological polar surface area (TPSA) is 9.86 Å². The van der Waals surface area contributed by atoms with E-state index in [1.165, 1.54) is 189 Å². The summed E-state index contributed by atoms with van der Waals surface area (Å²) >= 11 is 0. The maximum absolute atomic E-state index is 2.45. The Morgan fingerprint density at radius 1 is 0.255 bits per heavy atom. The molecule has 0 N–H and O–H groups in total. The summed E-state index contributed by atoms with van der Waals surface area (Å²) in [5.41, 5.74) is 39.1. The molecule has 0 saturated carbocycles. The molecule has 0 radical (unpaired) electrons. The molecule has 106 heavy (non-hydrogen) atoms. The smallest absolute Gasteiger partial charge is 0.113 e. The molecule has 3 heterocycles. The van der Waals surface area contributed by atoms with Gasteiger partial charge in [-0.25, -0.2) is 0 Å². The van der Waals surface area contributed by atoms with Gasteiger partial charge in [0.1, 0.15) is 8.07 Å². The normalized spacial score (nSPS) is 14.4. The highest BCUT2D eigenvalue weighted by Gasteiger charge is 2.41. The first-order valence-electron chi connectivity index (χ1n) is 38.0. The minimum absolute atomic E-state index is 0.152. The summed E-state index contributed by atoms with van der Waals surface area (Å²) < 4.78 is 4.67. The zero-order chi connectivity index (χ0) is 74.0. The largest absolute Gasteiger partial charge is 0.314 e. The van der Waals surface area contributed by atoms with E-state index in [1.54, 1.807) is 10.4 Å². The van der Waals surface area contributed by atoms with Gasteiger partial charge in [-0.2, -0.15) is 0 Å². The number of nitrogens with zero attached hydrogens (tertiary/aromatic N) is 2. The van der Waals surface area contributed by atoms with Crippen LogP contribution in [0, 0.1) is 83.1 Å². The van der Waals surface area contributed by atoms with Crippen LogP contribution in [-0.2, 0) is 5.41 Å². The zero-order valence-corrected chi connectivity index (χ0v) is 65.8. The number of aryl methyl sites for hydroxylation is 10. The number of rotatable bonds is 2. The molecule has 0 amide bonds. The Morgan fingerprint density at radius 2 is 0.660 bits per heavy atom. The third-order valence-corrected chi connectivity index (χ3v) is 27.3. The van der Waals surface area contributed by atoms with E-state index in [-0.39, 0.29) is 5.41 Å². The second-order valence-corrected chi connectivity index (χ2v) is 35.7. The minimum Gasteiger partial charge on any atom is -0.314 e. The van der Waals surface area contributed by atoms with Gasteiger partial charge in [0, 0.05) is 50.8 Å². The van der Waals surface area contributed by atoms with Gasteiger partial charge >= 0.3 is 0 Å². The van der Waals surface area contributed by atoms with E-state index in [0.717, 1.165) is 0 Å². The second kappa shape index (κ2) is 28.4. The van der Waals surface area contributed by atoms with Gasteiger partial charge in [0.15, 0.2) is 0 Å². The molecule has 2 aromatic heterocycles. The van der Waals surface area contributed by atoms with E-state index in [9.17, 15) is 0 Å². The maximum atomic E-state index is 2.45. The lowest BCUT2D eigenvalue weighted by Crippen LogP contribution is -2.49. The fraction of sp³-hybridized carbons (Fsp3) is 0.184. The highest BCUT2D eigenvalue weighted by Crippen LogP contribution is 2.56. The van der Waals surface area contributed by atoms with Gasteiger partial charge in [0.2, 0.25) is 0 Å². The van der Waals surface area contributed by atoms with E-state index in [2.05, 4.69) is 410 Å². The predicted molar refractivity (Wildman–Crippen MR) is 459 cm³/mol. The molecule has 2 bridgehead atoms.